The number of nitrogens with zero attached hydrogens (tertiary/aromatic N) is 2. The standard InChI is InChI=1S/C17H12ClFN2OS/c1-2-9-21-14-8-5-12(18)10-15(14)23-17(21)20-16(22)11-3-6-13(19)7-4-11/h2-8,10H,1,9H2. The van der Waals surface area contributed by atoms with Crippen LogP contribution in [-0.4, -0.2) is 10.5 Å². The highest BCUT2D eigenvalue weighted by molar-refractivity contribution is 7.16. The molecule has 0 aliphatic heterocycles. The van der Waals surface area contributed by atoms with Crippen LogP contribution in [0.3, 0.4) is 0 Å². The smallest absolute Gasteiger partial charge is 0.279 e. The van der Waals surface area contributed by atoms with E-state index < -0.39 is 5.91 Å². The Bertz CT molecular complexity index is 957. The third-order valence-corrected chi connectivity index (χ3v) is 4.52. The Labute approximate surface area is 141 Å². The summed E-state index contributed by atoms with van der Waals surface area (Å²) < 4.78 is 15.8. The molecule has 1 aromatic heterocycles. The second-order valence-electron chi connectivity index (χ2n) is 4.82. The summed E-state index contributed by atoms with van der Waals surface area (Å²) in [4.78, 5) is 17.0. The van der Waals surface area contributed by atoms with Crippen LogP contribution in [0.15, 0.2) is 60.1 Å². The van der Waals surface area contributed by atoms with Crippen LogP contribution < -0.4 is 4.80 Å². The van der Waals surface area contributed by atoms with Crippen LogP contribution in [0.5, 0.6) is 0 Å². The van der Waals surface area contributed by atoms with Crippen molar-refractivity contribution in [2.75, 3.05) is 0 Å². The molecule has 1 amide bonds. The number of rotatable bonds is 3. The lowest BCUT2D eigenvalue weighted by molar-refractivity contribution is 0.0998. The largest absolute Gasteiger partial charge is 0.312 e. The Morgan fingerprint density at radius 2 is 2.04 bits per heavy atom. The number of fused-ring (bicyclic) bond motifs is 1. The molecule has 3 rings (SSSR count). The van der Waals surface area contributed by atoms with E-state index >= 15 is 0 Å². The zero-order chi connectivity index (χ0) is 16.4. The number of hydrogen-bond donors (Lipinski definition) is 0. The lowest BCUT2D eigenvalue weighted by Crippen LogP contribution is -2.16. The van der Waals surface area contributed by atoms with E-state index in [0.29, 0.717) is 21.9 Å². The maximum absolute atomic E-state index is 13.0. The lowest BCUT2D eigenvalue weighted by atomic mass is 10.2. The second kappa shape index (κ2) is 6.48. The van der Waals surface area contributed by atoms with Crippen molar-refractivity contribution in [3.63, 3.8) is 0 Å². The highest BCUT2D eigenvalue weighted by Crippen LogP contribution is 2.22. The highest BCUT2D eigenvalue weighted by Gasteiger charge is 2.09. The molecule has 0 aliphatic carbocycles. The maximum Gasteiger partial charge on any atom is 0.279 e. The van der Waals surface area contributed by atoms with Gasteiger partial charge < -0.3 is 4.57 Å². The minimum absolute atomic E-state index is 0.340. The van der Waals surface area contributed by atoms with Crippen molar-refractivity contribution in [3.8, 4) is 0 Å². The van der Waals surface area contributed by atoms with Gasteiger partial charge in [-0.15, -0.1) is 6.58 Å². The molecule has 2 aromatic carbocycles. The van der Waals surface area contributed by atoms with Crippen molar-refractivity contribution in [2.45, 2.75) is 6.54 Å². The number of halogens is 2. The Morgan fingerprint density at radius 3 is 2.74 bits per heavy atom. The molecule has 116 valence electrons. The summed E-state index contributed by atoms with van der Waals surface area (Å²) in [5.74, 6) is -0.805. The van der Waals surface area contributed by atoms with Crippen LogP contribution in [0.1, 0.15) is 10.4 Å². The van der Waals surface area contributed by atoms with E-state index in [0.717, 1.165) is 10.2 Å². The first kappa shape index (κ1) is 15.6. The zero-order valence-corrected chi connectivity index (χ0v) is 13.6. The number of allylic oxidation sites excluding steroid dienone is 1. The van der Waals surface area contributed by atoms with Gasteiger partial charge in [0.2, 0.25) is 0 Å². The molecule has 0 saturated heterocycles. The van der Waals surface area contributed by atoms with Crippen LogP contribution >= 0.6 is 22.9 Å². The molecular weight excluding hydrogens is 335 g/mol. The third kappa shape index (κ3) is 3.25. The normalized spacial score (nSPS) is 11.8. The van der Waals surface area contributed by atoms with Crippen LogP contribution in [0.25, 0.3) is 10.2 Å². The molecule has 23 heavy (non-hydrogen) atoms. The first-order valence-electron chi connectivity index (χ1n) is 6.83. The van der Waals surface area contributed by atoms with Gasteiger partial charge in [-0.2, -0.15) is 4.99 Å². The van der Waals surface area contributed by atoms with Gasteiger partial charge in [0.1, 0.15) is 5.82 Å². The fourth-order valence-electron chi connectivity index (χ4n) is 2.18. The molecule has 1 heterocycles. The predicted octanol–water partition coefficient (Wildman–Crippen LogP) is 4.42. The van der Waals surface area contributed by atoms with Gasteiger partial charge in [0.25, 0.3) is 5.91 Å². The first-order valence-corrected chi connectivity index (χ1v) is 8.02. The van der Waals surface area contributed by atoms with Gasteiger partial charge in [-0.3, -0.25) is 4.79 Å². The second-order valence-corrected chi connectivity index (χ2v) is 6.27. The average Bonchev–Trinajstić information content (AvgIpc) is 2.85. The molecule has 0 aliphatic rings. The number of carbonyl (C=O) groups excluding carboxylic acids is 1. The molecule has 0 unspecified atom stereocenters. The Balaban J connectivity index is 2.13. The fourth-order valence-corrected chi connectivity index (χ4v) is 3.50. The third-order valence-electron chi connectivity index (χ3n) is 3.24. The van der Waals surface area contributed by atoms with E-state index in [4.69, 9.17) is 11.6 Å². The predicted molar refractivity (Wildman–Crippen MR) is 91.3 cm³/mol. The Kier molecular flexibility index (Phi) is 4.41. The first-order chi connectivity index (χ1) is 11.1. The highest BCUT2D eigenvalue weighted by atomic mass is 35.5. The minimum atomic E-state index is -0.416. The number of carbonyl (C=O) groups is 1. The van der Waals surface area contributed by atoms with Crippen molar-refractivity contribution in [1.82, 2.24) is 4.57 Å². The summed E-state index contributed by atoms with van der Waals surface area (Å²) in [6.45, 7) is 4.26. The van der Waals surface area contributed by atoms with Crippen LogP contribution in [0, 0.1) is 5.82 Å². The van der Waals surface area contributed by atoms with Crippen molar-refractivity contribution in [2.24, 2.45) is 4.99 Å². The molecule has 0 radical (unpaired) electrons. The Morgan fingerprint density at radius 1 is 1.30 bits per heavy atom. The van der Waals surface area contributed by atoms with E-state index in [1.54, 1.807) is 12.1 Å². The SMILES string of the molecule is C=CCn1c(=NC(=O)c2ccc(F)cc2)sc2cc(Cl)ccc21. The van der Waals surface area contributed by atoms with E-state index in [2.05, 4.69) is 11.6 Å². The van der Waals surface area contributed by atoms with E-state index in [9.17, 15) is 9.18 Å². The summed E-state index contributed by atoms with van der Waals surface area (Å²) in [6.07, 6.45) is 1.74. The van der Waals surface area contributed by atoms with E-state index in [-0.39, 0.29) is 5.82 Å². The quantitative estimate of drug-likeness (QED) is 0.646. The van der Waals surface area contributed by atoms with Crippen molar-refractivity contribution in [3.05, 3.63) is 76.3 Å². The lowest BCUT2D eigenvalue weighted by Gasteiger charge is -2.01. The van der Waals surface area contributed by atoms with Crippen molar-refractivity contribution < 1.29 is 9.18 Å². The summed E-state index contributed by atoms with van der Waals surface area (Å²) >= 11 is 7.39. The summed E-state index contributed by atoms with van der Waals surface area (Å²) in [5.41, 5.74) is 1.27. The summed E-state index contributed by atoms with van der Waals surface area (Å²) in [7, 11) is 0. The molecule has 0 fully saturated rings. The van der Waals surface area contributed by atoms with Crippen LogP contribution in [0.4, 0.5) is 4.39 Å². The van der Waals surface area contributed by atoms with Gasteiger partial charge in [0.15, 0.2) is 4.80 Å². The molecule has 0 N–H and O–H groups in total. The summed E-state index contributed by atoms with van der Waals surface area (Å²) in [6, 6.07) is 10.8. The number of hydrogen-bond acceptors (Lipinski definition) is 2. The van der Waals surface area contributed by atoms with Crippen molar-refractivity contribution >= 4 is 39.1 Å². The average molecular weight is 347 g/mol. The monoisotopic (exact) mass is 346 g/mol. The van der Waals surface area contributed by atoms with Gasteiger partial charge in [0, 0.05) is 17.1 Å². The Hall–Kier alpha value is -2.24. The summed E-state index contributed by atoms with van der Waals surface area (Å²) in [5, 5.41) is 0.626. The van der Waals surface area contributed by atoms with Gasteiger partial charge in [0.05, 0.1) is 10.2 Å². The van der Waals surface area contributed by atoms with E-state index in [1.165, 1.54) is 35.6 Å². The van der Waals surface area contributed by atoms with Crippen LogP contribution in [-0.2, 0) is 6.54 Å². The van der Waals surface area contributed by atoms with E-state index in [1.807, 2.05) is 16.7 Å². The number of thiazole rings is 1. The molecule has 0 bridgehead atoms. The minimum Gasteiger partial charge on any atom is -0.312 e. The van der Waals surface area contributed by atoms with Gasteiger partial charge >= 0.3 is 0 Å². The topological polar surface area (TPSA) is 34.4 Å². The number of aromatic nitrogens is 1. The molecule has 6 heteroatoms. The molecular formula is C17H12ClFN2OS. The van der Waals surface area contributed by atoms with Crippen molar-refractivity contribution in [1.29, 1.82) is 0 Å². The maximum atomic E-state index is 13.0. The number of benzene rings is 2. The molecule has 0 saturated carbocycles. The molecule has 0 atom stereocenters. The van der Waals surface area contributed by atoms with Gasteiger partial charge in [-0.25, -0.2) is 4.39 Å². The fraction of sp³-hybridized carbons (Fsp3) is 0.0588. The number of amides is 1. The van der Waals surface area contributed by atoms with Crippen LogP contribution in [0.2, 0.25) is 5.02 Å². The zero-order valence-electron chi connectivity index (χ0n) is 12.0. The van der Waals surface area contributed by atoms with Gasteiger partial charge in [-0.05, 0) is 42.5 Å². The molecule has 3 nitrogen and oxygen atoms in total. The molecule has 0 spiro atoms. The van der Waals surface area contributed by atoms with Gasteiger partial charge in [-0.1, -0.05) is 29.0 Å². The molecule has 3 aromatic rings.